The molecule has 45 heavy (non-hydrogen) atoms. The van der Waals surface area contributed by atoms with E-state index in [2.05, 4.69) is 0 Å². The summed E-state index contributed by atoms with van der Waals surface area (Å²) in [5, 5.41) is 10.6. The molecule has 0 saturated carbocycles. The van der Waals surface area contributed by atoms with Gasteiger partial charge in [0.2, 0.25) is 0 Å². The van der Waals surface area contributed by atoms with Crippen molar-refractivity contribution in [1.29, 1.82) is 0 Å². The fraction of sp³-hybridized carbons (Fsp3) is 0.767. The topological polar surface area (TPSA) is 156 Å². The lowest BCUT2D eigenvalue weighted by Gasteiger charge is -2.24. The van der Waals surface area contributed by atoms with E-state index in [4.69, 9.17) is 47.4 Å². The van der Waals surface area contributed by atoms with E-state index >= 15 is 0 Å². The number of benzene rings is 1. The molecule has 0 bridgehead atoms. The van der Waals surface area contributed by atoms with Crippen LogP contribution in [0.15, 0.2) is 24.3 Å². The Morgan fingerprint density at radius 1 is 0.622 bits per heavy atom. The van der Waals surface area contributed by atoms with Gasteiger partial charge in [-0.05, 0) is 32.9 Å². The average molecular weight is 649 g/mol. The van der Waals surface area contributed by atoms with E-state index in [-0.39, 0.29) is 11.8 Å². The molecule has 0 unspecified atom stereocenters. The first kappa shape index (κ1) is 40.4. The highest BCUT2D eigenvalue weighted by atomic mass is 16.6. The van der Waals surface area contributed by atoms with Crippen LogP contribution in [0.4, 0.5) is 10.5 Å². The second-order valence-corrected chi connectivity index (χ2v) is 10.4. The molecule has 0 saturated heterocycles. The van der Waals surface area contributed by atoms with Crippen LogP contribution < -0.4 is 4.74 Å². The third kappa shape index (κ3) is 25.3. The van der Waals surface area contributed by atoms with E-state index in [0.717, 1.165) is 0 Å². The van der Waals surface area contributed by atoms with E-state index < -0.39 is 10.5 Å². The number of ether oxygens (including phenoxy) is 10. The molecular weight excluding hydrogens is 596 g/mol. The number of hydrogen-bond donors (Lipinski definition) is 0. The minimum absolute atomic E-state index is 0.0227. The molecule has 0 fully saturated rings. The van der Waals surface area contributed by atoms with E-state index in [1.165, 1.54) is 17.0 Å². The summed E-state index contributed by atoms with van der Waals surface area (Å²) in [6.45, 7) is 13.5. The number of nitro benzene ring substituents is 1. The van der Waals surface area contributed by atoms with E-state index in [0.29, 0.717) is 125 Å². The maximum Gasteiger partial charge on any atom is 0.410 e. The van der Waals surface area contributed by atoms with Crippen molar-refractivity contribution in [2.45, 2.75) is 26.4 Å². The normalized spacial score (nSPS) is 11.5. The number of carbonyl (C=O) groups excluding carboxylic acids is 1. The Morgan fingerprint density at radius 2 is 0.956 bits per heavy atom. The lowest BCUT2D eigenvalue weighted by atomic mass is 10.2. The van der Waals surface area contributed by atoms with Gasteiger partial charge in [-0.15, -0.1) is 0 Å². The van der Waals surface area contributed by atoms with Crippen LogP contribution in [0.2, 0.25) is 0 Å². The van der Waals surface area contributed by atoms with Crippen LogP contribution in [-0.2, 0) is 42.6 Å². The van der Waals surface area contributed by atoms with Crippen LogP contribution in [0, 0.1) is 10.1 Å². The summed E-state index contributed by atoms with van der Waals surface area (Å²) in [6, 6.07) is 5.90. The molecular formula is C30H52N2O13. The second-order valence-electron chi connectivity index (χ2n) is 10.4. The van der Waals surface area contributed by atoms with Gasteiger partial charge in [-0.1, -0.05) is 0 Å². The fourth-order valence-corrected chi connectivity index (χ4v) is 3.16. The van der Waals surface area contributed by atoms with Crippen LogP contribution in [0.25, 0.3) is 0 Å². The fourth-order valence-electron chi connectivity index (χ4n) is 3.16. The van der Waals surface area contributed by atoms with Crippen LogP contribution >= 0.6 is 0 Å². The summed E-state index contributed by atoms with van der Waals surface area (Å²) in [7, 11) is 1.67. The highest BCUT2D eigenvalue weighted by Crippen LogP contribution is 2.17. The molecule has 0 N–H and O–H groups in total. The van der Waals surface area contributed by atoms with Crippen LogP contribution in [0.1, 0.15) is 20.8 Å². The Kier molecular flexibility index (Phi) is 23.9. The van der Waals surface area contributed by atoms with Gasteiger partial charge in [-0.25, -0.2) is 4.79 Å². The largest absolute Gasteiger partial charge is 0.491 e. The zero-order valence-electron chi connectivity index (χ0n) is 27.2. The van der Waals surface area contributed by atoms with Gasteiger partial charge in [-0.2, -0.15) is 0 Å². The minimum atomic E-state index is -0.515. The number of rotatable bonds is 29. The molecule has 0 spiro atoms. The average Bonchev–Trinajstić information content (AvgIpc) is 2.99. The molecule has 0 aliphatic heterocycles. The number of hydrogen-bond acceptors (Lipinski definition) is 13. The standard InChI is InChI=1S/C30H52N2O13/c1-30(2,3)45-29(33)31(4)9-10-36-11-12-37-13-14-38-15-16-39-17-18-40-19-20-41-21-22-42-23-24-43-25-26-44-28-7-5-27(6-8-28)32(34)35/h5-8H,9-26H2,1-4H3. The molecule has 0 atom stereocenters. The summed E-state index contributed by atoms with van der Waals surface area (Å²) >= 11 is 0. The van der Waals surface area contributed by atoms with Crippen molar-refractivity contribution in [2.24, 2.45) is 0 Å². The molecule has 0 aliphatic carbocycles. The number of non-ortho nitro benzene ring substituents is 1. The van der Waals surface area contributed by atoms with Crippen molar-refractivity contribution in [2.75, 3.05) is 126 Å². The number of amides is 1. The molecule has 1 aromatic carbocycles. The van der Waals surface area contributed by atoms with Gasteiger partial charge in [0.25, 0.3) is 5.69 Å². The molecule has 0 aromatic heterocycles. The summed E-state index contributed by atoms with van der Waals surface area (Å²) in [4.78, 5) is 23.5. The predicted octanol–water partition coefficient (Wildman–Crippen LogP) is 2.97. The Morgan fingerprint density at radius 3 is 1.29 bits per heavy atom. The van der Waals surface area contributed by atoms with Gasteiger partial charge < -0.3 is 52.3 Å². The summed E-state index contributed by atoms with van der Waals surface area (Å²) in [5.41, 5.74) is -0.493. The molecule has 15 heteroatoms. The molecule has 15 nitrogen and oxygen atoms in total. The molecule has 1 aromatic rings. The zero-order chi connectivity index (χ0) is 33.0. The SMILES string of the molecule is CN(CCOCCOCCOCCOCCOCCOCCOCCOCCOc1ccc([N+](=O)[O-])cc1)C(=O)OC(C)(C)C. The van der Waals surface area contributed by atoms with Gasteiger partial charge in [0, 0.05) is 25.7 Å². The van der Waals surface area contributed by atoms with Crippen molar-refractivity contribution in [3.05, 3.63) is 34.4 Å². The Labute approximate surface area is 266 Å². The maximum absolute atomic E-state index is 11.8. The number of likely N-dealkylation sites (N-methyl/N-ethyl adjacent to an activating group) is 1. The van der Waals surface area contributed by atoms with E-state index in [1.807, 2.05) is 20.8 Å². The van der Waals surface area contributed by atoms with Crippen LogP contribution in [-0.4, -0.2) is 147 Å². The third-order valence-electron chi connectivity index (χ3n) is 5.42. The first-order valence-electron chi connectivity index (χ1n) is 15.1. The Bertz CT molecular complexity index is 868. The monoisotopic (exact) mass is 648 g/mol. The quantitative estimate of drug-likeness (QED) is 0.0711. The van der Waals surface area contributed by atoms with Gasteiger partial charge in [-0.3, -0.25) is 10.1 Å². The van der Waals surface area contributed by atoms with E-state index in [1.54, 1.807) is 19.2 Å². The van der Waals surface area contributed by atoms with Gasteiger partial charge in [0.1, 0.15) is 18.0 Å². The summed E-state index contributed by atoms with van der Waals surface area (Å²) < 4.78 is 54.3. The Hall–Kier alpha value is -2.63. The van der Waals surface area contributed by atoms with Crippen molar-refractivity contribution in [3.63, 3.8) is 0 Å². The number of nitro groups is 1. The predicted molar refractivity (Wildman–Crippen MR) is 164 cm³/mol. The molecule has 0 heterocycles. The smallest absolute Gasteiger partial charge is 0.410 e. The Balaban J connectivity index is 1.71. The summed E-state index contributed by atoms with van der Waals surface area (Å²) in [6.07, 6.45) is -0.371. The highest BCUT2D eigenvalue weighted by molar-refractivity contribution is 5.67. The lowest BCUT2D eigenvalue weighted by molar-refractivity contribution is -0.384. The molecule has 1 amide bonds. The molecule has 0 aliphatic rings. The van der Waals surface area contributed by atoms with Crippen molar-refractivity contribution in [3.8, 4) is 5.75 Å². The summed E-state index contributed by atoms with van der Waals surface area (Å²) in [5.74, 6) is 0.553. The zero-order valence-corrected chi connectivity index (χ0v) is 27.2. The van der Waals surface area contributed by atoms with Crippen LogP contribution in [0.5, 0.6) is 5.75 Å². The van der Waals surface area contributed by atoms with E-state index in [9.17, 15) is 14.9 Å². The second kappa shape index (κ2) is 26.6. The van der Waals surface area contributed by atoms with Crippen molar-refractivity contribution < 1.29 is 57.1 Å². The van der Waals surface area contributed by atoms with Gasteiger partial charge >= 0.3 is 6.09 Å². The first-order valence-corrected chi connectivity index (χ1v) is 15.1. The molecule has 260 valence electrons. The van der Waals surface area contributed by atoms with Gasteiger partial charge in [0.05, 0.1) is 111 Å². The number of carbonyl (C=O) groups is 1. The maximum atomic E-state index is 11.8. The van der Waals surface area contributed by atoms with Crippen molar-refractivity contribution in [1.82, 2.24) is 4.90 Å². The third-order valence-corrected chi connectivity index (χ3v) is 5.42. The minimum Gasteiger partial charge on any atom is -0.491 e. The molecule has 0 radical (unpaired) electrons. The molecule has 1 rings (SSSR count). The lowest BCUT2D eigenvalue weighted by Crippen LogP contribution is -2.36. The first-order chi connectivity index (χ1) is 21.7. The number of nitrogens with zero attached hydrogens (tertiary/aromatic N) is 2. The van der Waals surface area contributed by atoms with Gasteiger partial charge in [0.15, 0.2) is 0 Å². The van der Waals surface area contributed by atoms with Crippen LogP contribution in [0.3, 0.4) is 0 Å². The van der Waals surface area contributed by atoms with Crippen molar-refractivity contribution >= 4 is 11.8 Å². The highest BCUT2D eigenvalue weighted by Gasteiger charge is 2.19.